The summed E-state index contributed by atoms with van der Waals surface area (Å²) in [4.78, 5) is 32.1. The van der Waals surface area contributed by atoms with Gasteiger partial charge in [-0.2, -0.15) is 5.10 Å². The lowest BCUT2D eigenvalue weighted by atomic mass is 10.2. The van der Waals surface area contributed by atoms with Crippen molar-refractivity contribution in [2.75, 3.05) is 20.1 Å². The minimum Gasteiger partial charge on any atom is -0.349 e. The molecule has 0 radical (unpaired) electrons. The summed E-state index contributed by atoms with van der Waals surface area (Å²) < 4.78 is 2.80. The molecule has 0 fully saturated rings. The Labute approximate surface area is 190 Å². The second kappa shape index (κ2) is 9.33. The minimum absolute atomic E-state index is 0.110. The van der Waals surface area contributed by atoms with Crippen LogP contribution in [0.2, 0.25) is 5.02 Å². The molecule has 0 spiro atoms. The maximum absolute atomic E-state index is 12.9. The molecular formula is C23H23ClN6O2. The molecule has 4 aromatic rings. The Hall–Kier alpha value is -3.49. The van der Waals surface area contributed by atoms with Crippen molar-refractivity contribution in [1.29, 1.82) is 0 Å². The lowest BCUT2D eigenvalue weighted by molar-refractivity contribution is 0.0945. The van der Waals surface area contributed by atoms with Gasteiger partial charge in [-0.05, 0) is 36.9 Å². The van der Waals surface area contributed by atoms with Crippen LogP contribution >= 0.6 is 11.6 Å². The third kappa shape index (κ3) is 4.56. The number of nitrogens with zero attached hydrogens (tertiary/aromatic N) is 5. The van der Waals surface area contributed by atoms with Crippen LogP contribution in [0, 0.1) is 0 Å². The molecular weight excluding hydrogens is 428 g/mol. The van der Waals surface area contributed by atoms with Crippen LogP contribution in [0.1, 0.15) is 16.1 Å². The first kappa shape index (κ1) is 21.7. The third-order valence-electron chi connectivity index (χ3n) is 5.10. The van der Waals surface area contributed by atoms with E-state index in [9.17, 15) is 9.59 Å². The Kier molecular flexibility index (Phi) is 6.34. The van der Waals surface area contributed by atoms with Gasteiger partial charge >= 0.3 is 0 Å². The van der Waals surface area contributed by atoms with Gasteiger partial charge in [0, 0.05) is 31.7 Å². The topological polar surface area (TPSA) is 85.0 Å². The van der Waals surface area contributed by atoms with E-state index in [-0.39, 0.29) is 28.2 Å². The highest BCUT2D eigenvalue weighted by Crippen LogP contribution is 2.19. The first-order valence-electron chi connectivity index (χ1n) is 10.1. The summed E-state index contributed by atoms with van der Waals surface area (Å²) >= 11 is 5.99. The fourth-order valence-electron chi connectivity index (χ4n) is 3.43. The zero-order chi connectivity index (χ0) is 22.7. The summed E-state index contributed by atoms with van der Waals surface area (Å²) in [6.45, 7) is 1.87. The molecule has 2 aromatic heterocycles. The standard InChI is InChI=1S/C23H23ClN6O2/c1-28(14-16-6-4-3-5-7-16)13-12-25-22(31)20-19-21(23(32)29(2)15-26-19)30(27-20)18-10-8-17(24)9-11-18/h3-11,15H,12-14H2,1-2H3,(H,25,31). The van der Waals surface area contributed by atoms with Gasteiger partial charge in [-0.15, -0.1) is 0 Å². The molecule has 164 valence electrons. The predicted molar refractivity (Wildman–Crippen MR) is 124 cm³/mol. The van der Waals surface area contributed by atoms with E-state index < -0.39 is 0 Å². The molecule has 0 unspecified atom stereocenters. The first-order chi connectivity index (χ1) is 15.4. The number of likely N-dealkylation sites (N-methyl/N-ethyl adjacent to an activating group) is 1. The Morgan fingerprint density at radius 3 is 2.56 bits per heavy atom. The molecule has 2 heterocycles. The van der Waals surface area contributed by atoms with Crippen molar-refractivity contribution in [3.8, 4) is 5.69 Å². The van der Waals surface area contributed by atoms with Gasteiger partial charge in [-0.25, -0.2) is 9.67 Å². The molecule has 0 saturated heterocycles. The fourth-order valence-corrected chi connectivity index (χ4v) is 3.55. The van der Waals surface area contributed by atoms with Crippen LogP contribution in [-0.4, -0.2) is 50.3 Å². The molecule has 9 heteroatoms. The van der Waals surface area contributed by atoms with Crippen LogP contribution in [0.4, 0.5) is 0 Å². The number of amides is 1. The van der Waals surface area contributed by atoms with Crippen LogP contribution in [-0.2, 0) is 13.6 Å². The fraction of sp³-hybridized carbons (Fsp3) is 0.217. The molecule has 0 aliphatic heterocycles. The van der Waals surface area contributed by atoms with Crippen LogP contribution in [0.15, 0.2) is 65.7 Å². The van der Waals surface area contributed by atoms with E-state index in [2.05, 4.69) is 32.4 Å². The van der Waals surface area contributed by atoms with E-state index in [4.69, 9.17) is 11.6 Å². The normalized spacial score (nSPS) is 11.2. The van der Waals surface area contributed by atoms with Crippen molar-refractivity contribution in [3.05, 3.63) is 87.6 Å². The summed E-state index contributed by atoms with van der Waals surface area (Å²) in [7, 11) is 3.60. The zero-order valence-corrected chi connectivity index (χ0v) is 18.6. The second-order valence-electron chi connectivity index (χ2n) is 7.57. The van der Waals surface area contributed by atoms with Crippen LogP contribution in [0.5, 0.6) is 0 Å². The quantitative estimate of drug-likeness (QED) is 0.468. The average Bonchev–Trinajstić information content (AvgIpc) is 3.18. The van der Waals surface area contributed by atoms with Gasteiger partial charge in [-0.1, -0.05) is 41.9 Å². The molecule has 4 rings (SSSR count). The number of hydrogen-bond acceptors (Lipinski definition) is 5. The molecule has 8 nitrogen and oxygen atoms in total. The Morgan fingerprint density at radius 2 is 1.84 bits per heavy atom. The smallest absolute Gasteiger partial charge is 0.279 e. The minimum atomic E-state index is -0.378. The second-order valence-corrected chi connectivity index (χ2v) is 8.01. The van der Waals surface area contributed by atoms with Crippen molar-refractivity contribution < 1.29 is 4.79 Å². The van der Waals surface area contributed by atoms with Crippen LogP contribution in [0.3, 0.4) is 0 Å². The maximum Gasteiger partial charge on any atom is 0.279 e. The summed E-state index contributed by atoms with van der Waals surface area (Å²) in [5.74, 6) is -0.378. The largest absolute Gasteiger partial charge is 0.349 e. The van der Waals surface area contributed by atoms with E-state index in [1.807, 2.05) is 25.2 Å². The molecule has 0 bridgehead atoms. The summed E-state index contributed by atoms with van der Waals surface area (Å²) in [6.07, 6.45) is 1.39. The first-order valence-corrected chi connectivity index (χ1v) is 10.5. The monoisotopic (exact) mass is 450 g/mol. The van der Waals surface area contributed by atoms with Crippen molar-refractivity contribution in [2.45, 2.75) is 6.54 Å². The number of rotatable bonds is 7. The highest BCUT2D eigenvalue weighted by Gasteiger charge is 2.22. The highest BCUT2D eigenvalue weighted by molar-refractivity contribution is 6.30. The molecule has 0 atom stereocenters. The number of aryl methyl sites for hydroxylation is 1. The van der Waals surface area contributed by atoms with Gasteiger partial charge < -0.3 is 14.8 Å². The third-order valence-corrected chi connectivity index (χ3v) is 5.36. The SMILES string of the molecule is CN(CCNC(=O)c1nn(-c2ccc(Cl)cc2)c2c(=O)n(C)cnc12)Cc1ccccc1. The number of carbonyl (C=O) groups excluding carboxylic acids is 1. The maximum atomic E-state index is 12.9. The average molecular weight is 451 g/mol. The Balaban J connectivity index is 1.54. The van der Waals surface area contributed by atoms with E-state index in [0.717, 1.165) is 6.54 Å². The van der Waals surface area contributed by atoms with Crippen molar-refractivity contribution in [2.24, 2.45) is 7.05 Å². The zero-order valence-electron chi connectivity index (χ0n) is 17.8. The molecule has 1 N–H and O–H groups in total. The van der Waals surface area contributed by atoms with Gasteiger partial charge in [-0.3, -0.25) is 9.59 Å². The number of nitrogens with one attached hydrogen (secondary N) is 1. The number of carbonyl (C=O) groups is 1. The lowest BCUT2D eigenvalue weighted by Gasteiger charge is -2.16. The highest BCUT2D eigenvalue weighted by atomic mass is 35.5. The predicted octanol–water partition coefficient (Wildman–Crippen LogP) is 2.63. The molecule has 1 amide bonds. The number of fused-ring (bicyclic) bond motifs is 1. The van der Waals surface area contributed by atoms with Gasteiger partial charge in [0.25, 0.3) is 11.5 Å². The van der Waals surface area contributed by atoms with E-state index in [0.29, 0.717) is 23.8 Å². The number of halogens is 1. The van der Waals surface area contributed by atoms with Gasteiger partial charge in [0.2, 0.25) is 0 Å². The number of hydrogen-bond donors (Lipinski definition) is 1. The molecule has 0 aliphatic carbocycles. The molecule has 0 saturated carbocycles. The molecule has 2 aromatic carbocycles. The van der Waals surface area contributed by atoms with Crippen molar-refractivity contribution in [1.82, 2.24) is 29.5 Å². The summed E-state index contributed by atoms with van der Waals surface area (Å²) in [5, 5.41) is 7.88. The lowest BCUT2D eigenvalue weighted by Crippen LogP contribution is -2.33. The number of aromatic nitrogens is 4. The van der Waals surface area contributed by atoms with Gasteiger partial charge in [0.05, 0.1) is 12.0 Å². The Morgan fingerprint density at radius 1 is 1.12 bits per heavy atom. The van der Waals surface area contributed by atoms with Crippen LogP contribution in [0.25, 0.3) is 16.7 Å². The van der Waals surface area contributed by atoms with Gasteiger partial charge in [0.15, 0.2) is 11.2 Å². The van der Waals surface area contributed by atoms with E-state index in [1.165, 1.54) is 21.1 Å². The molecule has 32 heavy (non-hydrogen) atoms. The number of benzene rings is 2. The van der Waals surface area contributed by atoms with Crippen LogP contribution < -0.4 is 10.9 Å². The Bertz CT molecular complexity index is 1300. The summed E-state index contributed by atoms with van der Waals surface area (Å²) in [6, 6.07) is 17.0. The molecule has 0 aliphatic rings. The van der Waals surface area contributed by atoms with Crippen molar-refractivity contribution >= 4 is 28.5 Å². The van der Waals surface area contributed by atoms with Crippen molar-refractivity contribution in [3.63, 3.8) is 0 Å². The summed E-state index contributed by atoms with van der Waals surface area (Å²) in [5.41, 5.74) is 2.14. The van der Waals surface area contributed by atoms with Gasteiger partial charge in [0.1, 0.15) is 5.52 Å². The van der Waals surface area contributed by atoms with E-state index >= 15 is 0 Å². The van der Waals surface area contributed by atoms with E-state index in [1.54, 1.807) is 31.3 Å².